The van der Waals surface area contributed by atoms with Crippen LogP contribution in [0.3, 0.4) is 0 Å². The molecule has 1 atom stereocenters. The van der Waals surface area contributed by atoms with Crippen LogP contribution in [-0.4, -0.2) is 21.6 Å². The summed E-state index contributed by atoms with van der Waals surface area (Å²) >= 11 is 0. The van der Waals surface area contributed by atoms with E-state index in [1.54, 1.807) is 13.8 Å². The fraction of sp³-hybridized carbons (Fsp3) is 0.875. The van der Waals surface area contributed by atoms with Crippen molar-refractivity contribution in [2.75, 3.05) is 0 Å². The van der Waals surface area contributed by atoms with Crippen molar-refractivity contribution in [3.05, 3.63) is 0 Å². The Bertz CT molecular complexity index is 165. The molecule has 0 aromatic rings. The van der Waals surface area contributed by atoms with Gasteiger partial charge in [-0.2, -0.15) is 0 Å². The molecule has 66 valence electrons. The van der Waals surface area contributed by atoms with Gasteiger partial charge in [-0.3, -0.25) is 0 Å². The van der Waals surface area contributed by atoms with E-state index in [4.69, 9.17) is 5.21 Å². The molecule has 0 saturated carbocycles. The van der Waals surface area contributed by atoms with Crippen molar-refractivity contribution >= 4 is 5.71 Å². The van der Waals surface area contributed by atoms with E-state index >= 15 is 0 Å². The maximum Gasteiger partial charge on any atom is 0.108 e. The fourth-order valence-corrected chi connectivity index (χ4v) is 0.640. The summed E-state index contributed by atoms with van der Waals surface area (Å²) in [7, 11) is 0. The lowest BCUT2D eigenvalue weighted by Gasteiger charge is -2.36. The number of oxime groups is 1. The Morgan fingerprint density at radius 2 is 1.55 bits per heavy atom. The highest BCUT2D eigenvalue weighted by Gasteiger charge is 2.38. The number of nitrogens with zero attached hydrogens (tertiary/aromatic N) is 1. The van der Waals surface area contributed by atoms with Gasteiger partial charge in [-0.1, -0.05) is 25.9 Å². The van der Waals surface area contributed by atoms with Crippen molar-refractivity contribution in [1.82, 2.24) is 0 Å². The van der Waals surface area contributed by atoms with Crippen molar-refractivity contribution < 1.29 is 10.3 Å². The lowest BCUT2D eigenvalue weighted by Crippen LogP contribution is -2.46. The second kappa shape index (κ2) is 2.81. The zero-order valence-electron chi connectivity index (χ0n) is 7.84. The van der Waals surface area contributed by atoms with Crippen LogP contribution in [0.1, 0.15) is 34.6 Å². The Balaban J connectivity index is 4.74. The van der Waals surface area contributed by atoms with Gasteiger partial charge in [0.1, 0.15) is 5.60 Å². The van der Waals surface area contributed by atoms with Gasteiger partial charge < -0.3 is 10.3 Å². The summed E-state index contributed by atoms with van der Waals surface area (Å²) in [6.45, 7) is 8.92. The monoisotopic (exact) mass is 159 g/mol. The van der Waals surface area contributed by atoms with E-state index in [9.17, 15) is 5.11 Å². The molecule has 0 heterocycles. The maximum atomic E-state index is 9.83. The van der Waals surface area contributed by atoms with Gasteiger partial charge in [0.15, 0.2) is 0 Å². The van der Waals surface area contributed by atoms with Crippen molar-refractivity contribution in [2.24, 2.45) is 10.6 Å². The lowest BCUT2D eigenvalue weighted by molar-refractivity contribution is 0.0193. The topological polar surface area (TPSA) is 52.8 Å². The average Bonchev–Trinajstić information content (AvgIpc) is 1.83. The van der Waals surface area contributed by atoms with Gasteiger partial charge in [0, 0.05) is 0 Å². The van der Waals surface area contributed by atoms with E-state index < -0.39 is 5.60 Å². The third kappa shape index (κ3) is 1.93. The first-order valence-electron chi connectivity index (χ1n) is 3.65. The number of hydrogen-bond donors (Lipinski definition) is 2. The largest absolute Gasteiger partial charge is 0.411 e. The van der Waals surface area contributed by atoms with Crippen LogP contribution in [0, 0.1) is 5.41 Å². The van der Waals surface area contributed by atoms with Gasteiger partial charge in [-0.15, -0.1) is 0 Å². The number of hydrogen-bond acceptors (Lipinski definition) is 3. The number of rotatable bonds is 1. The van der Waals surface area contributed by atoms with Crippen LogP contribution < -0.4 is 0 Å². The summed E-state index contributed by atoms with van der Waals surface area (Å²) in [4.78, 5) is 0. The molecule has 0 aliphatic rings. The molecule has 11 heavy (non-hydrogen) atoms. The Morgan fingerprint density at radius 3 is 1.64 bits per heavy atom. The Morgan fingerprint density at radius 1 is 1.18 bits per heavy atom. The second-order valence-electron chi connectivity index (χ2n) is 4.01. The fourth-order valence-electron chi connectivity index (χ4n) is 0.640. The summed E-state index contributed by atoms with van der Waals surface area (Å²) in [5.41, 5.74) is -1.03. The molecule has 0 saturated heterocycles. The molecule has 0 aliphatic heterocycles. The highest BCUT2D eigenvalue weighted by molar-refractivity contribution is 5.90. The quantitative estimate of drug-likeness (QED) is 0.347. The molecule has 1 unspecified atom stereocenters. The smallest absolute Gasteiger partial charge is 0.108 e. The van der Waals surface area contributed by atoms with Crippen LogP contribution in [0.5, 0.6) is 0 Å². The third-order valence-electron chi connectivity index (χ3n) is 2.31. The van der Waals surface area contributed by atoms with Gasteiger partial charge in [0.2, 0.25) is 0 Å². The van der Waals surface area contributed by atoms with E-state index in [0.29, 0.717) is 5.71 Å². The lowest BCUT2D eigenvalue weighted by atomic mass is 9.75. The van der Waals surface area contributed by atoms with Crippen LogP contribution in [0.2, 0.25) is 0 Å². The molecule has 0 fully saturated rings. The van der Waals surface area contributed by atoms with Crippen LogP contribution in [0.4, 0.5) is 0 Å². The van der Waals surface area contributed by atoms with Gasteiger partial charge in [-0.25, -0.2) is 0 Å². The summed E-state index contributed by atoms with van der Waals surface area (Å²) in [6.07, 6.45) is 0. The van der Waals surface area contributed by atoms with E-state index in [-0.39, 0.29) is 5.41 Å². The van der Waals surface area contributed by atoms with E-state index in [2.05, 4.69) is 5.16 Å². The van der Waals surface area contributed by atoms with E-state index in [1.165, 1.54) is 0 Å². The predicted octanol–water partition coefficient (Wildman–Crippen LogP) is 1.63. The molecule has 0 amide bonds. The maximum absolute atomic E-state index is 9.83. The molecule has 3 heteroatoms. The highest BCUT2D eigenvalue weighted by atomic mass is 16.4. The van der Waals surface area contributed by atoms with Gasteiger partial charge >= 0.3 is 0 Å². The highest BCUT2D eigenvalue weighted by Crippen LogP contribution is 2.30. The Kier molecular flexibility index (Phi) is 2.67. The standard InChI is InChI=1S/C8H17NO2/c1-6(9-11)8(5,10)7(2,3)4/h10-11H,1-5H3/b9-6+. The Labute approximate surface area is 67.7 Å². The van der Waals surface area contributed by atoms with Crippen LogP contribution in [-0.2, 0) is 0 Å². The normalized spacial score (nSPS) is 19.6. The van der Waals surface area contributed by atoms with Crippen LogP contribution >= 0.6 is 0 Å². The SMILES string of the molecule is C/C(=N\O)C(C)(O)C(C)(C)C. The predicted molar refractivity (Wildman–Crippen MR) is 45.0 cm³/mol. The molecule has 0 aromatic heterocycles. The number of aliphatic hydroxyl groups is 1. The first-order valence-corrected chi connectivity index (χ1v) is 3.65. The zero-order valence-corrected chi connectivity index (χ0v) is 7.84. The first kappa shape index (κ1) is 10.4. The molecule has 0 rings (SSSR count). The molecule has 0 aliphatic carbocycles. The average molecular weight is 159 g/mol. The molecular weight excluding hydrogens is 142 g/mol. The summed E-state index contributed by atoms with van der Waals surface area (Å²) in [6, 6.07) is 0. The van der Waals surface area contributed by atoms with Crippen molar-refractivity contribution in [1.29, 1.82) is 0 Å². The summed E-state index contributed by atoms with van der Waals surface area (Å²) in [5.74, 6) is 0. The second-order valence-corrected chi connectivity index (χ2v) is 4.01. The minimum absolute atomic E-state index is 0.316. The van der Waals surface area contributed by atoms with Gasteiger partial charge in [0.05, 0.1) is 5.71 Å². The van der Waals surface area contributed by atoms with E-state index in [1.807, 2.05) is 20.8 Å². The minimum Gasteiger partial charge on any atom is -0.411 e. The van der Waals surface area contributed by atoms with Crippen LogP contribution in [0.25, 0.3) is 0 Å². The van der Waals surface area contributed by atoms with E-state index in [0.717, 1.165) is 0 Å². The van der Waals surface area contributed by atoms with Crippen molar-refractivity contribution in [2.45, 2.75) is 40.2 Å². The molecule has 2 N–H and O–H groups in total. The molecular formula is C8H17NO2. The summed E-state index contributed by atoms with van der Waals surface area (Å²) < 4.78 is 0. The van der Waals surface area contributed by atoms with Gasteiger partial charge in [0.25, 0.3) is 0 Å². The Hall–Kier alpha value is -0.570. The minimum atomic E-state index is -1.05. The zero-order chi connectivity index (χ0) is 9.28. The molecule has 0 radical (unpaired) electrons. The summed E-state index contributed by atoms with van der Waals surface area (Å²) in [5, 5.41) is 21.3. The van der Waals surface area contributed by atoms with Crippen molar-refractivity contribution in [3.8, 4) is 0 Å². The molecule has 0 spiro atoms. The van der Waals surface area contributed by atoms with Gasteiger partial charge in [-0.05, 0) is 19.3 Å². The molecule has 0 aromatic carbocycles. The third-order valence-corrected chi connectivity index (χ3v) is 2.31. The van der Waals surface area contributed by atoms with Crippen LogP contribution in [0.15, 0.2) is 5.16 Å². The first-order chi connectivity index (χ1) is 4.73. The molecule has 0 bridgehead atoms. The van der Waals surface area contributed by atoms with Crippen molar-refractivity contribution in [3.63, 3.8) is 0 Å². The molecule has 3 nitrogen and oxygen atoms in total.